The van der Waals surface area contributed by atoms with Crippen LogP contribution in [0.3, 0.4) is 0 Å². The highest BCUT2D eigenvalue weighted by atomic mass is 79.9. The fourth-order valence-electron chi connectivity index (χ4n) is 4.20. The van der Waals surface area contributed by atoms with Crippen molar-refractivity contribution in [3.8, 4) is 0 Å². The van der Waals surface area contributed by atoms with Gasteiger partial charge in [0.15, 0.2) is 0 Å². The third kappa shape index (κ3) is 2.58. The Morgan fingerprint density at radius 3 is 2.21 bits per heavy atom. The van der Waals surface area contributed by atoms with E-state index in [0.717, 1.165) is 26.9 Å². The van der Waals surface area contributed by atoms with Gasteiger partial charge in [-0.2, -0.15) is 0 Å². The number of carbonyl (C=O) groups is 1. The van der Waals surface area contributed by atoms with Crippen molar-refractivity contribution >= 4 is 38.3 Å². The molecule has 0 radical (unpaired) electrons. The highest BCUT2D eigenvalue weighted by Gasteiger charge is 2.39. The normalized spacial score (nSPS) is 15.9. The number of benzene rings is 4. The van der Waals surface area contributed by atoms with Gasteiger partial charge in [0, 0.05) is 15.7 Å². The van der Waals surface area contributed by atoms with Crippen LogP contribution in [-0.2, 0) is 0 Å². The number of fused-ring (bicyclic) bond motifs is 2. The van der Waals surface area contributed by atoms with Gasteiger partial charge in [-0.05, 0) is 64.7 Å². The topological polar surface area (TPSA) is 20.3 Å². The molecule has 136 valence electrons. The minimum absolute atomic E-state index is 0.0487. The van der Waals surface area contributed by atoms with Gasteiger partial charge in [-0.25, -0.2) is 0 Å². The van der Waals surface area contributed by atoms with Gasteiger partial charge in [0.2, 0.25) is 0 Å². The summed E-state index contributed by atoms with van der Waals surface area (Å²) in [5.41, 5.74) is 5.14. The maximum atomic E-state index is 13.4. The average molecular weight is 428 g/mol. The van der Waals surface area contributed by atoms with E-state index in [4.69, 9.17) is 0 Å². The maximum absolute atomic E-state index is 13.4. The maximum Gasteiger partial charge on any atom is 0.259 e. The number of amides is 1. The van der Waals surface area contributed by atoms with Gasteiger partial charge in [-0.1, -0.05) is 70.5 Å². The molecule has 0 spiro atoms. The van der Waals surface area contributed by atoms with Crippen LogP contribution in [-0.4, -0.2) is 5.91 Å². The second-order valence-corrected chi connectivity index (χ2v) is 8.07. The Kier molecular flexibility index (Phi) is 4.06. The van der Waals surface area contributed by atoms with Crippen LogP contribution in [0.25, 0.3) is 10.8 Å². The average Bonchev–Trinajstić information content (AvgIpc) is 3.02. The number of halogens is 1. The smallest absolute Gasteiger partial charge is 0.259 e. The minimum atomic E-state index is -0.143. The Bertz CT molecular complexity index is 1210. The quantitative estimate of drug-likeness (QED) is 0.350. The zero-order chi connectivity index (χ0) is 19.3. The van der Waals surface area contributed by atoms with Crippen LogP contribution in [0.4, 0.5) is 5.69 Å². The summed E-state index contributed by atoms with van der Waals surface area (Å²) in [6.07, 6.45) is 0. The first-order chi connectivity index (χ1) is 13.6. The van der Waals surface area contributed by atoms with Gasteiger partial charge < -0.3 is 0 Å². The van der Waals surface area contributed by atoms with Crippen LogP contribution in [0.1, 0.15) is 33.1 Å². The first-order valence-electron chi connectivity index (χ1n) is 9.31. The highest BCUT2D eigenvalue weighted by molar-refractivity contribution is 9.10. The Morgan fingerprint density at radius 1 is 0.750 bits per heavy atom. The van der Waals surface area contributed by atoms with Crippen molar-refractivity contribution in [3.05, 3.63) is 112 Å². The Labute approximate surface area is 172 Å². The molecule has 4 aromatic rings. The van der Waals surface area contributed by atoms with E-state index in [2.05, 4.69) is 65.3 Å². The second-order valence-electron chi connectivity index (χ2n) is 7.16. The number of anilines is 1. The molecule has 0 aliphatic carbocycles. The van der Waals surface area contributed by atoms with Crippen molar-refractivity contribution in [2.45, 2.75) is 13.0 Å². The van der Waals surface area contributed by atoms with Crippen LogP contribution >= 0.6 is 15.9 Å². The first kappa shape index (κ1) is 17.2. The van der Waals surface area contributed by atoms with Crippen molar-refractivity contribution in [1.82, 2.24) is 0 Å². The van der Waals surface area contributed by atoms with Crippen molar-refractivity contribution in [1.29, 1.82) is 0 Å². The van der Waals surface area contributed by atoms with Crippen LogP contribution in [0.2, 0.25) is 0 Å². The van der Waals surface area contributed by atoms with E-state index in [-0.39, 0.29) is 11.9 Å². The zero-order valence-corrected chi connectivity index (χ0v) is 17.0. The predicted octanol–water partition coefficient (Wildman–Crippen LogP) is 6.66. The zero-order valence-electron chi connectivity index (χ0n) is 15.4. The Hall–Kier alpha value is -2.91. The lowest BCUT2D eigenvalue weighted by molar-refractivity contribution is 0.0993. The summed E-state index contributed by atoms with van der Waals surface area (Å²) >= 11 is 3.49. The van der Waals surface area contributed by atoms with Gasteiger partial charge in [0.05, 0.1) is 6.04 Å². The third-order valence-corrected chi connectivity index (χ3v) is 6.07. The molecule has 1 aliphatic rings. The number of hydrogen-bond donors (Lipinski definition) is 0. The standard InChI is InChI=1S/C25H18BrNO/c1-16-10-15-22(20-7-3-2-6-19(16)20)24-21-8-4-5-9-23(21)25(28)27(24)18-13-11-17(26)12-14-18/h2-15,24H,1H3/t24-/m1/s1. The molecule has 1 amide bonds. The lowest BCUT2D eigenvalue weighted by Crippen LogP contribution is -2.28. The lowest BCUT2D eigenvalue weighted by atomic mass is 9.91. The molecule has 0 N–H and O–H groups in total. The molecule has 1 aliphatic heterocycles. The summed E-state index contributed by atoms with van der Waals surface area (Å²) in [5, 5.41) is 2.42. The van der Waals surface area contributed by atoms with Gasteiger partial charge in [0.1, 0.15) is 0 Å². The Morgan fingerprint density at radius 2 is 1.43 bits per heavy atom. The van der Waals surface area contributed by atoms with Crippen molar-refractivity contribution in [2.75, 3.05) is 4.90 Å². The van der Waals surface area contributed by atoms with E-state index in [9.17, 15) is 4.79 Å². The fraction of sp³-hybridized carbons (Fsp3) is 0.0800. The SMILES string of the molecule is Cc1ccc([C@H]2c3ccccc3C(=O)N2c2ccc(Br)cc2)c2ccccc12. The molecule has 0 aromatic heterocycles. The number of hydrogen-bond acceptors (Lipinski definition) is 1. The molecule has 0 unspecified atom stereocenters. The van der Waals surface area contributed by atoms with Gasteiger partial charge in [0.25, 0.3) is 5.91 Å². The molecular weight excluding hydrogens is 410 g/mol. The summed E-state index contributed by atoms with van der Waals surface area (Å²) in [5.74, 6) is 0.0487. The molecule has 2 nitrogen and oxygen atoms in total. The number of rotatable bonds is 2. The molecule has 4 aromatic carbocycles. The third-order valence-electron chi connectivity index (χ3n) is 5.54. The molecule has 0 bridgehead atoms. The van der Waals surface area contributed by atoms with Crippen LogP contribution in [0.15, 0.2) is 89.4 Å². The van der Waals surface area contributed by atoms with Crippen LogP contribution in [0, 0.1) is 6.92 Å². The highest BCUT2D eigenvalue weighted by Crippen LogP contribution is 2.44. The van der Waals surface area contributed by atoms with E-state index in [1.807, 2.05) is 47.4 Å². The van der Waals surface area contributed by atoms with E-state index in [1.54, 1.807) is 0 Å². The molecule has 5 rings (SSSR count). The molecule has 1 heterocycles. The predicted molar refractivity (Wildman–Crippen MR) is 118 cm³/mol. The lowest BCUT2D eigenvalue weighted by Gasteiger charge is -2.27. The van der Waals surface area contributed by atoms with Crippen molar-refractivity contribution < 1.29 is 4.79 Å². The molecule has 28 heavy (non-hydrogen) atoms. The van der Waals surface area contributed by atoms with Crippen molar-refractivity contribution in [3.63, 3.8) is 0 Å². The van der Waals surface area contributed by atoms with Gasteiger partial charge in [-0.15, -0.1) is 0 Å². The summed E-state index contributed by atoms with van der Waals surface area (Å²) in [4.78, 5) is 15.3. The summed E-state index contributed by atoms with van der Waals surface area (Å²) < 4.78 is 0.998. The van der Waals surface area contributed by atoms with E-state index in [1.165, 1.54) is 16.3 Å². The Balaban J connectivity index is 1.79. The number of carbonyl (C=O) groups excluding carboxylic acids is 1. The van der Waals surface area contributed by atoms with Crippen molar-refractivity contribution in [2.24, 2.45) is 0 Å². The molecule has 0 fully saturated rings. The molecule has 3 heteroatoms. The molecule has 0 saturated carbocycles. The monoisotopic (exact) mass is 427 g/mol. The second kappa shape index (κ2) is 6.61. The van der Waals surface area contributed by atoms with E-state index >= 15 is 0 Å². The molecule has 0 saturated heterocycles. The van der Waals surface area contributed by atoms with Crippen LogP contribution < -0.4 is 4.90 Å². The molecule has 1 atom stereocenters. The van der Waals surface area contributed by atoms with Gasteiger partial charge in [-0.3, -0.25) is 9.69 Å². The largest absolute Gasteiger partial charge is 0.297 e. The first-order valence-corrected chi connectivity index (χ1v) is 10.1. The number of nitrogens with zero attached hydrogens (tertiary/aromatic N) is 1. The van der Waals surface area contributed by atoms with Gasteiger partial charge >= 0.3 is 0 Å². The fourth-order valence-corrected chi connectivity index (χ4v) is 4.47. The summed E-state index contributed by atoms with van der Waals surface area (Å²) in [7, 11) is 0. The summed E-state index contributed by atoms with van der Waals surface area (Å²) in [6, 6.07) is 28.5. The van der Waals surface area contributed by atoms with E-state index in [0.29, 0.717) is 0 Å². The number of aryl methyl sites for hydroxylation is 1. The minimum Gasteiger partial charge on any atom is -0.297 e. The summed E-state index contributed by atoms with van der Waals surface area (Å²) in [6.45, 7) is 2.13. The molecular formula is C25H18BrNO. The van der Waals surface area contributed by atoms with E-state index < -0.39 is 0 Å². The van der Waals surface area contributed by atoms with Crippen LogP contribution in [0.5, 0.6) is 0 Å².